The molecule has 2 aromatic carbocycles. The van der Waals surface area contributed by atoms with Gasteiger partial charge >= 0.3 is 0 Å². The van der Waals surface area contributed by atoms with Crippen molar-refractivity contribution < 1.29 is 21.9 Å². The summed E-state index contributed by atoms with van der Waals surface area (Å²) in [6, 6.07) is 5.88. The molecule has 0 heterocycles. The zero-order valence-electron chi connectivity index (χ0n) is 9.84. The highest BCUT2D eigenvalue weighted by molar-refractivity contribution is 6.09. The summed E-state index contributed by atoms with van der Waals surface area (Å²) >= 11 is 4.95. The predicted molar refractivity (Wildman–Crippen MR) is 68.1 cm³/mol. The minimum atomic E-state index is -1.26. The van der Waals surface area contributed by atoms with Gasteiger partial charge < -0.3 is 4.29 Å². The lowest BCUT2D eigenvalue weighted by Crippen LogP contribution is -1.92. The topological polar surface area (TPSA) is 9.23 Å². The van der Waals surface area contributed by atoms with Gasteiger partial charge in [-0.1, -0.05) is 24.3 Å². The Morgan fingerprint density at radius 1 is 0.800 bits per heavy atom. The van der Waals surface area contributed by atoms with E-state index in [-0.39, 0.29) is 11.1 Å². The standard InChI is InChI=1S/C14H7ClF4O/c15-20-11-7-6-9(13(18)14(11)19)5-4-8-2-1-3-10(16)12(8)17/h1-7H/b5-4+. The van der Waals surface area contributed by atoms with Crippen molar-refractivity contribution in [1.82, 2.24) is 0 Å². The molecule has 0 aliphatic rings. The van der Waals surface area contributed by atoms with Gasteiger partial charge in [0.25, 0.3) is 0 Å². The minimum Gasteiger partial charge on any atom is -0.382 e. The van der Waals surface area contributed by atoms with Crippen LogP contribution in [0, 0.1) is 23.3 Å². The molecule has 2 aromatic rings. The van der Waals surface area contributed by atoms with E-state index in [0.29, 0.717) is 0 Å². The highest BCUT2D eigenvalue weighted by Crippen LogP contribution is 2.25. The third-order valence-electron chi connectivity index (χ3n) is 2.58. The smallest absolute Gasteiger partial charge is 0.203 e. The lowest BCUT2D eigenvalue weighted by atomic mass is 10.1. The summed E-state index contributed by atoms with van der Waals surface area (Å²) < 4.78 is 57.4. The van der Waals surface area contributed by atoms with Crippen LogP contribution in [0.4, 0.5) is 17.6 Å². The maximum Gasteiger partial charge on any atom is 0.203 e. The molecule has 104 valence electrons. The molecule has 0 aromatic heterocycles. The molecule has 0 saturated heterocycles. The maximum atomic E-state index is 13.6. The zero-order chi connectivity index (χ0) is 14.7. The molecule has 1 nitrogen and oxygen atoms in total. The molecule has 0 N–H and O–H groups in total. The van der Waals surface area contributed by atoms with Crippen LogP contribution < -0.4 is 4.29 Å². The van der Waals surface area contributed by atoms with E-state index < -0.39 is 29.0 Å². The fourth-order valence-electron chi connectivity index (χ4n) is 1.56. The van der Waals surface area contributed by atoms with Crippen molar-refractivity contribution in [2.45, 2.75) is 0 Å². The van der Waals surface area contributed by atoms with Gasteiger partial charge in [-0.25, -0.2) is 13.2 Å². The van der Waals surface area contributed by atoms with Crippen LogP contribution in [0.3, 0.4) is 0 Å². The lowest BCUT2D eigenvalue weighted by Gasteiger charge is -2.03. The van der Waals surface area contributed by atoms with Gasteiger partial charge in [0.15, 0.2) is 23.2 Å². The summed E-state index contributed by atoms with van der Waals surface area (Å²) in [5.41, 5.74) is -0.230. The number of hydrogen-bond acceptors (Lipinski definition) is 1. The first-order chi connectivity index (χ1) is 9.54. The van der Waals surface area contributed by atoms with E-state index in [1.54, 1.807) is 0 Å². The van der Waals surface area contributed by atoms with E-state index in [4.69, 9.17) is 11.9 Å². The van der Waals surface area contributed by atoms with Crippen molar-refractivity contribution in [1.29, 1.82) is 0 Å². The maximum absolute atomic E-state index is 13.6. The van der Waals surface area contributed by atoms with Crippen LogP contribution in [-0.2, 0) is 0 Å². The molecule has 20 heavy (non-hydrogen) atoms. The molecule has 0 fully saturated rings. The van der Waals surface area contributed by atoms with Gasteiger partial charge in [-0.15, -0.1) is 0 Å². The molecule has 0 saturated carbocycles. The van der Waals surface area contributed by atoms with Gasteiger partial charge in [-0.3, -0.25) is 0 Å². The molecule has 6 heteroatoms. The highest BCUT2D eigenvalue weighted by Gasteiger charge is 2.13. The van der Waals surface area contributed by atoms with Crippen molar-refractivity contribution in [2.24, 2.45) is 0 Å². The van der Waals surface area contributed by atoms with Crippen molar-refractivity contribution in [3.05, 3.63) is 64.7 Å². The van der Waals surface area contributed by atoms with Crippen molar-refractivity contribution in [2.75, 3.05) is 0 Å². The SMILES string of the molecule is Fc1cccc(/C=C/c2ccc(OCl)c(F)c2F)c1F. The Labute approximate surface area is 117 Å². The second-order valence-corrected chi connectivity index (χ2v) is 3.99. The molecule has 0 spiro atoms. The monoisotopic (exact) mass is 302 g/mol. The van der Waals surface area contributed by atoms with E-state index in [1.165, 1.54) is 18.2 Å². The Kier molecular flexibility index (Phi) is 4.29. The number of rotatable bonds is 3. The Hall–Kier alpha value is -2.01. The summed E-state index contributed by atoms with van der Waals surface area (Å²) in [6.45, 7) is 0. The second-order valence-electron chi connectivity index (χ2n) is 3.83. The molecule has 0 radical (unpaired) electrons. The fourth-order valence-corrected chi connectivity index (χ4v) is 1.68. The van der Waals surface area contributed by atoms with Crippen LogP contribution >= 0.6 is 11.9 Å². The van der Waals surface area contributed by atoms with Crippen molar-refractivity contribution in [3.63, 3.8) is 0 Å². The Morgan fingerprint density at radius 3 is 2.10 bits per heavy atom. The van der Waals surface area contributed by atoms with Gasteiger partial charge in [0.2, 0.25) is 5.82 Å². The molecule has 0 atom stereocenters. The summed E-state index contributed by atoms with van der Waals surface area (Å²) in [5, 5.41) is 0. The zero-order valence-corrected chi connectivity index (χ0v) is 10.6. The minimum absolute atomic E-state index is 0.0810. The Bertz CT molecular complexity index is 670. The molecule has 0 aliphatic heterocycles. The van der Waals surface area contributed by atoms with Crippen LogP contribution in [0.2, 0.25) is 0 Å². The summed E-state index contributed by atoms with van der Waals surface area (Å²) in [7, 11) is 0. The van der Waals surface area contributed by atoms with E-state index >= 15 is 0 Å². The van der Waals surface area contributed by atoms with Gasteiger partial charge in [0.1, 0.15) is 11.9 Å². The normalized spacial score (nSPS) is 11.1. The van der Waals surface area contributed by atoms with Crippen LogP contribution in [0.5, 0.6) is 5.75 Å². The third kappa shape index (κ3) is 2.77. The first-order valence-corrected chi connectivity index (χ1v) is 5.74. The Morgan fingerprint density at radius 2 is 1.45 bits per heavy atom. The number of hydrogen-bond donors (Lipinski definition) is 0. The van der Waals surface area contributed by atoms with Crippen LogP contribution in [0.1, 0.15) is 11.1 Å². The van der Waals surface area contributed by atoms with Crippen LogP contribution in [0.25, 0.3) is 12.2 Å². The van der Waals surface area contributed by atoms with Gasteiger partial charge in [-0.2, -0.15) is 4.39 Å². The summed E-state index contributed by atoms with van der Waals surface area (Å²) in [6.07, 6.45) is 2.26. The molecule has 0 bridgehead atoms. The summed E-state index contributed by atoms with van der Waals surface area (Å²) in [4.78, 5) is 0. The molecule has 0 unspecified atom stereocenters. The average Bonchev–Trinajstić information content (AvgIpc) is 2.44. The number of halogens is 5. The first-order valence-electron chi connectivity index (χ1n) is 5.43. The van der Waals surface area contributed by atoms with Crippen molar-refractivity contribution >= 4 is 24.0 Å². The molecule has 0 amide bonds. The molecule has 2 rings (SSSR count). The van der Waals surface area contributed by atoms with Crippen LogP contribution in [-0.4, -0.2) is 0 Å². The second kappa shape index (κ2) is 5.96. The van der Waals surface area contributed by atoms with Gasteiger partial charge in [0.05, 0.1) is 0 Å². The average molecular weight is 303 g/mol. The predicted octanol–water partition coefficient (Wildman–Crippen LogP) is 4.95. The third-order valence-corrected chi connectivity index (χ3v) is 2.75. The Balaban J connectivity index is 2.37. The summed E-state index contributed by atoms with van der Waals surface area (Å²) in [5.74, 6) is -5.01. The molecular weight excluding hydrogens is 296 g/mol. The van der Waals surface area contributed by atoms with Gasteiger partial charge in [-0.05, 0) is 18.2 Å². The first kappa shape index (κ1) is 14.4. The quantitative estimate of drug-likeness (QED) is 0.576. The van der Waals surface area contributed by atoms with Gasteiger partial charge in [0, 0.05) is 11.1 Å². The van der Waals surface area contributed by atoms with E-state index in [1.807, 2.05) is 0 Å². The fraction of sp³-hybridized carbons (Fsp3) is 0. The van der Waals surface area contributed by atoms with E-state index in [2.05, 4.69) is 4.29 Å². The van der Waals surface area contributed by atoms with Crippen LogP contribution in [0.15, 0.2) is 30.3 Å². The highest BCUT2D eigenvalue weighted by atomic mass is 35.5. The largest absolute Gasteiger partial charge is 0.382 e. The molecule has 0 aliphatic carbocycles. The molecular formula is C14H7ClF4O. The van der Waals surface area contributed by atoms with E-state index in [0.717, 1.165) is 24.3 Å². The van der Waals surface area contributed by atoms with E-state index in [9.17, 15) is 17.6 Å². The lowest BCUT2D eigenvalue weighted by molar-refractivity contribution is 0.465. The van der Waals surface area contributed by atoms with Crippen molar-refractivity contribution in [3.8, 4) is 5.75 Å². The number of benzene rings is 2.